The molecule has 2 rings (SSSR count). The van der Waals surface area contributed by atoms with Crippen molar-refractivity contribution in [3.8, 4) is 0 Å². The van der Waals surface area contributed by atoms with Crippen LogP contribution in [-0.2, 0) is 0 Å². The highest BCUT2D eigenvalue weighted by Gasteiger charge is 2.24. The molecule has 1 amide bonds. The van der Waals surface area contributed by atoms with Gasteiger partial charge in [0.1, 0.15) is 5.82 Å². The van der Waals surface area contributed by atoms with Crippen molar-refractivity contribution < 1.29 is 4.79 Å². The van der Waals surface area contributed by atoms with Crippen LogP contribution in [0.2, 0.25) is 0 Å². The maximum absolute atomic E-state index is 11.7. The molecule has 1 aromatic heterocycles. The van der Waals surface area contributed by atoms with Crippen LogP contribution in [0.3, 0.4) is 0 Å². The molecule has 5 heteroatoms. The quantitative estimate of drug-likeness (QED) is 0.921. The van der Waals surface area contributed by atoms with Crippen LogP contribution >= 0.6 is 0 Å². The number of carbonyl (C=O) groups excluding carboxylic acids is 1. The Morgan fingerprint density at radius 1 is 1.20 bits per heavy atom. The van der Waals surface area contributed by atoms with Gasteiger partial charge < -0.3 is 10.2 Å². The Morgan fingerprint density at radius 2 is 1.95 bits per heavy atom. The Balaban J connectivity index is 1.96. The van der Waals surface area contributed by atoms with E-state index in [1.54, 1.807) is 20.2 Å². The van der Waals surface area contributed by atoms with Crippen molar-refractivity contribution in [1.82, 2.24) is 15.1 Å². The number of hydrogen-bond acceptors (Lipinski definition) is 4. The van der Waals surface area contributed by atoms with E-state index in [0.717, 1.165) is 17.7 Å². The zero-order valence-electron chi connectivity index (χ0n) is 12.8. The maximum Gasteiger partial charge on any atom is 0.273 e. The lowest BCUT2D eigenvalue weighted by Gasteiger charge is -2.32. The molecule has 1 aliphatic rings. The number of rotatable bonds is 3. The lowest BCUT2D eigenvalue weighted by molar-refractivity contribution is 0.0821. The van der Waals surface area contributed by atoms with Gasteiger partial charge in [0.25, 0.3) is 5.91 Å². The van der Waals surface area contributed by atoms with Crippen LogP contribution < -0.4 is 5.32 Å². The van der Waals surface area contributed by atoms with Crippen LogP contribution in [0.25, 0.3) is 0 Å². The van der Waals surface area contributed by atoms with Gasteiger partial charge in [0, 0.05) is 20.1 Å². The van der Waals surface area contributed by atoms with Gasteiger partial charge in [-0.15, -0.1) is 10.2 Å². The van der Waals surface area contributed by atoms with Gasteiger partial charge >= 0.3 is 0 Å². The molecule has 0 bridgehead atoms. The highest BCUT2D eigenvalue weighted by molar-refractivity contribution is 5.91. The molecule has 3 atom stereocenters. The summed E-state index contributed by atoms with van der Waals surface area (Å²) in [6.45, 7) is 4.63. The van der Waals surface area contributed by atoms with Crippen LogP contribution in [0.15, 0.2) is 12.1 Å². The highest BCUT2D eigenvalue weighted by atomic mass is 16.2. The van der Waals surface area contributed by atoms with E-state index >= 15 is 0 Å². The first-order valence-electron chi connectivity index (χ1n) is 7.29. The maximum atomic E-state index is 11.7. The zero-order valence-corrected chi connectivity index (χ0v) is 12.8. The van der Waals surface area contributed by atoms with Crippen LogP contribution in [0.5, 0.6) is 0 Å². The summed E-state index contributed by atoms with van der Waals surface area (Å²) in [5, 5.41) is 11.5. The summed E-state index contributed by atoms with van der Waals surface area (Å²) in [5.41, 5.74) is 0.381. The van der Waals surface area contributed by atoms with Crippen molar-refractivity contribution in [1.29, 1.82) is 0 Å². The predicted molar refractivity (Wildman–Crippen MR) is 79.6 cm³/mol. The van der Waals surface area contributed by atoms with Crippen LogP contribution in [0, 0.1) is 11.8 Å². The summed E-state index contributed by atoms with van der Waals surface area (Å²) >= 11 is 0. The first kappa shape index (κ1) is 14.8. The van der Waals surface area contributed by atoms with Gasteiger partial charge in [-0.2, -0.15) is 0 Å². The number of carbonyl (C=O) groups is 1. The van der Waals surface area contributed by atoms with E-state index < -0.39 is 0 Å². The molecule has 5 nitrogen and oxygen atoms in total. The average molecular weight is 276 g/mol. The minimum absolute atomic E-state index is 0.121. The molecule has 1 heterocycles. The molecule has 1 aliphatic carbocycles. The molecule has 0 saturated heterocycles. The zero-order chi connectivity index (χ0) is 14.7. The molecular weight excluding hydrogens is 252 g/mol. The molecule has 0 aromatic carbocycles. The summed E-state index contributed by atoms with van der Waals surface area (Å²) in [6, 6.07) is 4.03. The number of amides is 1. The summed E-state index contributed by atoms with van der Waals surface area (Å²) < 4.78 is 0. The van der Waals surface area contributed by atoms with Crippen LogP contribution in [0.4, 0.5) is 5.82 Å². The summed E-state index contributed by atoms with van der Waals surface area (Å²) in [7, 11) is 3.42. The van der Waals surface area contributed by atoms with Gasteiger partial charge in [0.2, 0.25) is 0 Å². The SMILES string of the molecule is CC1CCC(Nc2ccc(C(=O)N(C)C)nn2)CC1C. The van der Waals surface area contributed by atoms with Gasteiger partial charge in [0.05, 0.1) is 0 Å². The van der Waals surface area contributed by atoms with E-state index in [1.165, 1.54) is 24.2 Å². The smallest absolute Gasteiger partial charge is 0.273 e. The summed E-state index contributed by atoms with van der Waals surface area (Å²) in [4.78, 5) is 13.2. The van der Waals surface area contributed by atoms with E-state index in [9.17, 15) is 4.79 Å². The monoisotopic (exact) mass is 276 g/mol. The van der Waals surface area contributed by atoms with Crippen LogP contribution in [0.1, 0.15) is 43.6 Å². The van der Waals surface area contributed by atoms with Gasteiger partial charge in [-0.3, -0.25) is 4.79 Å². The normalized spacial score (nSPS) is 26.1. The largest absolute Gasteiger partial charge is 0.366 e. The molecule has 110 valence electrons. The summed E-state index contributed by atoms with van der Waals surface area (Å²) in [5.74, 6) is 2.18. The second-order valence-corrected chi connectivity index (χ2v) is 6.11. The predicted octanol–water partition coefficient (Wildman–Crippen LogP) is 2.42. The highest BCUT2D eigenvalue weighted by Crippen LogP contribution is 2.30. The topological polar surface area (TPSA) is 58.1 Å². The molecular formula is C15H24N4O. The first-order valence-corrected chi connectivity index (χ1v) is 7.29. The Bertz CT molecular complexity index is 457. The standard InChI is InChI=1S/C15H24N4O/c1-10-5-6-12(9-11(10)2)16-14-8-7-13(17-18-14)15(20)19(3)4/h7-8,10-12H,5-6,9H2,1-4H3,(H,16,18). The molecule has 1 N–H and O–H groups in total. The van der Waals surface area contributed by atoms with E-state index in [1.807, 2.05) is 6.07 Å². The molecule has 1 saturated carbocycles. The van der Waals surface area contributed by atoms with Gasteiger partial charge in [-0.05, 0) is 43.2 Å². The van der Waals surface area contributed by atoms with Crippen LogP contribution in [-0.4, -0.2) is 41.1 Å². The third kappa shape index (κ3) is 3.46. The molecule has 0 radical (unpaired) electrons. The fraction of sp³-hybridized carbons (Fsp3) is 0.667. The van der Waals surface area contributed by atoms with Crippen molar-refractivity contribution in [2.75, 3.05) is 19.4 Å². The fourth-order valence-electron chi connectivity index (χ4n) is 2.64. The lowest BCUT2D eigenvalue weighted by atomic mass is 9.79. The van der Waals surface area contributed by atoms with E-state index in [0.29, 0.717) is 11.7 Å². The first-order chi connectivity index (χ1) is 9.47. The van der Waals surface area contributed by atoms with Gasteiger partial charge in [-0.1, -0.05) is 13.8 Å². The number of nitrogens with one attached hydrogen (secondary N) is 1. The second kappa shape index (κ2) is 6.20. The molecule has 1 fully saturated rings. The molecule has 20 heavy (non-hydrogen) atoms. The number of aromatic nitrogens is 2. The Hall–Kier alpha value is -1.65. The number of hydrogen-bond donors (Lipinski definition) is 1. The molecule has 3 unspecified atom stereocenters. The Morgan fingerprint density at radius 3 is 2.50 bits per heavy atom. The van der Waals surface area contributed by atoms with Crippen molar-refractivity contribution in [2.45, 2.75) is 39.2 Å². The average Bonchev–Trinajstić information content (AvgIpc) is 2.43. The lowest BCUT2D eigenvalue weighted by Crippen LogP contribution is -2.30. The molecule has 1 aromatic rings. The fourth-order valence-corrected chi connectivity index (χ4v) is 2.64. The summed E-state index contributed by atoms with van der Waals surface area (Å²) in [6.07, 6.45) is 3.59. The number of nitrogens with zero attached hydrogens (tertiary/aromatic N) is 3. The van der Waals surface area contributed by atoms with E-state index in [4.69, 9.17) is 0 Å². The Kier molecular flexibility index (Phi) is 4.57. The van der Waals surface area contributed by atoms with Crippen molar-refractivity contribution in [2.24, 2.45) is 11.8 Å². The minimum atomic E-state index is -0.121. The second-order valence-electron chi connectivity index (χ2n) is 6.11. The van der Waals surface area contributed by atoms with Crippen molar-refractivity contribution in [3.63, 3.8) is 0 Å². The molecule has 0 spiro atoms. The molecule has 0 aliphatic heterocycles. The van der Waals surface area contributed by atoms with Gasteiger partial charge in [-0.25, -0.2) is 0 Å². The van der Waals surface area contributed by atoms with Crippen molar-refractivity contribution >= 4 is 11.7 Å². The minimum Gasteiger partial charge on any atom is -0.366 e. The third-order valence-electron chi connectivity index (χ3n) is 4.24. The number of anilines is 1. The van der Waals surface area contributed by atoms with Gasteiger partial charge in [0.15, 0.2) is 5.69 Å². The van der Waals surface area contributed by atoms with E-state index in [-0.39, 0.29) is 5.91 Å². The third-order valence-corrected chi connectivity index (χ3v) is 4.24. The Labute approximate surface area is 120 Å². The van der Waals surface area contributed by atoms with Crippen molar-refractivity contribution in [3.05, 3.63) is 17.8 Å². The van der Waals surface area contributed by atoms with E-state index in [2.05, 4.69) is 29.4 Å².